The smallest absolute Gasteiger partial charge is 0.230 e. The van der Waals surface area contributed by atoms with Crippen molar-refractivity contribution in [2.45, 2.75) is 6.42 Å². The Hall–Kier alpha value is -2.31. The third-order valence-electron chi connectivity index (χ3n) is 2.76. The molecule has 1 aliphatic heterocycles. The normalized spacial score (nSPS) is 12.4. The number of rotatable bonds is 0. The van der Waals surface area contributed by atoms with Crippen molar-refractivity contribution in [1.82, 2.24) is 4.98 Å². The molecule has 92 valence electrons. The maximum atomic E-state index is 11.3. The van der Waals surface area contributed by atoms with Crippen LogP contribution in [-0.4, -0.2) is 10.9 Å². The van der Waals surface area contributed by atoms with E-state index >= 15 is 0 Å². The molecule has 0 unspecified atom stereocenters. The molecule has 0 bridgehead atoms. The van der Waals surface area contributed by atoms with Crippen molar-refractivity contribution in [3.05, 3.63) is 58.4 Å². The summed E-state index contributed by atoms with van der Waals surface area (Å²) in [5, 5.41) is 3.15. The Labute approximate surface area is 115 Å². The van der Waals surface area contributed by atoms with Gasteiger partial charge >= 0.3 is 0 Å². The second kappa shape index (κ2) is 4.75. The van der Waals surface area contributed by atoms with Crippen molar-refractivity contribution in [1.29, 1.82) is 0 Å². The quantitative estimate of drug-likeness (QED) is 0.747. The Morgan fingerprint density at radius 1 is 1.21 bits per heavy atom. The number of nitrogens with one attached hydrogen (secondary N) is 1. The first-order valence-corrected chi connectivity index (χ1v) is 6.16. The van der Waals surface area contributed by atoms with Crippen molar-refractivity contribution in [3.8, 4) is 11.8 Å². The fourth-order valence-electron chi connectivity index (χ4n) is 1.86. The molecule has 1 aromatic heterocycles. The predicted octanol–water partition coefficient (Wildman–Crippen LogP) is 2.63. The lowest BCUT2D eigenvalue weighted by atomic mass is 10.2. The van der Waals surface area contributed by atoms with Gasteiger partial charge in [0, 0.05) is 5.56 Å². The summed E-state index contributed by atoms with van der Waals surface area (Å²) in [6.07, 6.45) is 0.284. The molecule has 0 aliphatic carbocycles. The van der Waals surface area contributed by atoms with Gasteiger partial charge in [-0.1, -0.05) is 35.7 Å². The van der Waals surface area contributed by atoms with Crippen LogP contribution < -0.4 is 5.32 Å². The highest BCUT2D eigenvalue weighted by Gasteiger charge is 2.20. The molecule has 3 nitrogen and oxygen atoms in total. The molecule has 0 radical (unpaired) electrons. The molecule has 0 fully saturated rings. The minimum atomic E-state index is -0.0632. The average Bonchev–Trinajstić information content (AvgIpc) is 2.76. The third-order valence-corrected chi connectivity index (χ3v) is 3.04. The van der Waals surface area contributed by atoms with Gasteiger partial charge in [-0.15, -0.1) is 0 Å². The molecule has 4 heteroatoms. The first kappa shape index (κ1) is 11.8. The zero-order chi connectivity index (χ0) is 13.2. The van der Waals surface area contributed by atoms with Crippen LogP contribution in [0.15, 0.2) is 36.4 Å². The average molecular weight is 269 g/mol. The van der Waals surface area contributed by atoms with E-state index in [-0.39, 0.29) is 12.3 Å². The highest BCUT2D eigenvalue weighted by atomic mass is 35.5. The molecule has 0 saturated heterocycles. The molecule has 2 heterocycles. The number of nitrogens with zero attached hydrogens (tertiary/aromatic N) is 1. The molecule has 1 amide bonds. The highest BCUT2D eigenvalue weighted by Crippen LogP contribution is 2.26. The Morgan fingerprint density at radius 3 is 2.79 bits per heavy atom. The lowest BCUT2D eigenvalue weighted by molar-refractivity contribution is -0.115. The van der Waals surface area contributed by atoms with Gasteiger partial charge in [-0.05, 0) is 24.1 Å². The van der Waals surface area contributed by atoms with E-state index in [0.717, 1.165) is 5.56 Å². The van der Waals surface area contributed by atoms with Gasteiger partial charge in [-0.2, -0.15) is 0 Å². The van der Waals surface area contributed by atoms with Crippen molar-refractivity contribution in [3.63, 3.8) is 0 Å². The van der Waals surface area contributed by atoms with E-state index in [1.165, 1.54) is 0 Å². The number of fused-ring (bicyclic) bond motifs is 1. The highest BCUT2D eigenvalue weighted by molar-refractivity contribution is 6.32. The summed E-state index contributed by atoms with van der Waals surface area (Å²) in [5.41, 5.74) is 2.78. The van der Waals surface area contributed by atoms with Crippen molar-refractivity contribution in [2.24, 2.45) is 0 Å². The molecule has 1 aromatic carbocycles. The van der Waals surface area contributed by atoms with E-state index in [2.05, 4.69) is 22.1 Å². The zero-order valence-electron chi connectivity index (χ0n) is 9.90. The zero-order valence-corrected chi connectivity index (χ0v) is 10.7. The molecular formula is C15H9ClN2O. The van der Waals surface area contributed by atoms with E-state index < -0.39 is 0 Å². The van der Waals surface area contributed by atoms with Gasteiger partial charge in [0.25, 0.3) is 0 Å². The summed E-state index contributed by atoms with van der Waals surface area (Å²) in [5.74, 6) is 5.88. The topological polar surface area (TPSA) is 42.0 Å². The molecule has 19 heavy (non-hydrogen) atoms. The molecule has 0 atom stereocenters. The van der Waals surface area contributed by atoms with E-state index in [1.807, 2.05) is 30.3 Å². The fraction of sp³-hybridized carbons (Fsp3) is 0.0667. The lowest BCUT2D eigenvalue weighted by Gasteiger charge is -2.00. The molecule has 0 saturated carbocycles. The maximum absolute atomic E-state index is 11.3. The first-order chi connectivity index (χ1) is 9.22. The first-order valence-electron chi connectivity index (χ1n) is 5.79. The van der Waals surface area contributed by atoms with Crippen LogP contribution in [0.2, 0.25) is 5.02 Å². The van der Waals surface area contributed by atoms with E-state index in [4.69, 9.17) is 11.6 Å². The summed E-state index contributed by atoms with van der Waals surface area (Å²) in [4.78, 5) is 15.6. The molecule has 0 spiro atoms. The largest absolute Gasteiger partial charge is 0.324 e. The minimum absolute atomic E-state index is 0.0632. The maximum Gasteiger partial charge on any atom is 0.230 e. The van der Waals surface area contributed by atoms with Crippen LogP contribution in [0.5, 0.6) is 0 Å². The van der Waals surface area contributed by atoms with Crippen LogP contribution in [-0.2, 0) is 11.2 Å². The van der Waals surface area contributed by atoms with Crippen LogP contribution >= 0.6 is 11.6 Å². The number of carbonyl (C=O) groups excluding carboxylic acids is 1. The number of pyridine rings is 1. The summed E-state index contributed by atoms with van der Waals surface area (Å²) >= 11 is 6.11. The molecular weight excluding hydrogens is 260 g/mol. The number of benzene rings is 1. The van der Waals surface area contributed by atoms with Crippen molar-refractivity contribution in [2.75, 3.05) is 5.32 Å². The van der Waals surface area contributed by atoms with Gasteiger partial charge in [0.1, 0.15) is 5.69 Å². The van der Waals surface area contributed by atoms with Crippen LogP contribution in [0.3, 0.4) is 0 Å². The number of halogens is 1. The standard InChI is InChI=1S/C15H9ClN2O/c16-11-8-13-14(9-15(19)18-13)17-12(11)7-6-10-4-2-1-3-5-10/h1-5,8H,9H2,(H,18,19). The van der Waals surface area contributed by atoms with Gasteiger partial charge in [-0.25, -0.2) is 4.98 Å². The minimum Gasteiger partial charge on any atom is -0.324 e. The second-order valence-corrected chi connectivity index (χ2v) is 4.56. The predicted molar refractivity (Wildman–Crippen MR) is 74.0 cm³/mol. The Kier molecular flexibility index (Phi) is 2.94. The van der Waals surface area contributed by atoms with E-state index in [9.17, 15) is 4.79 Å². The number of hydrogen-bond donors (Lipinski definition) is 1. The lowest BCUT2D eigenvalue weighted by Crippen LogP contribution is -2.03. The summed E-state index contributed by atoms with van der Waals surface area (Å²) in [7, 11) is 0. The van der Waals surface area contributed by atoms with Gasteiger partial charge in [-0.3, -0.25) is 4.79 Å². The SMILES string of the molecule is O=C1Cc2nc(C#Cc3ccccc3)c(Cl)cc2N1. The third kappa shape index (κ3) is 2.44. The Morgan fingerprint density at radius 2 is 2.00 bits per heavy atom. The van der Waals surface area contributed by atoms with Gasteiger partial charge < -0.3 is 5.32 Å². The second-order valence-electron chi connectivity index (χ2n) is 4.15. The van der Waals surface area contributed by atoms with Gasteiger partial charge in [0.05, 0.1) is 22.8 Å². The molecule has 3 rings (SSSR count). The fourth-order valence-corrected chi connectivity index (χ4v) is 2.06. The number of amides is 1. The van der Waals surface area contributed by atoms with E-state index in [1.54, 1.807) is 6.07 Å². The number of anilines is 1. The summed E-state index contributed by atoms with van der Waals surface area (Å²) < 4.78 is 0. The monoisotopic (exact) mass is 268 g/mol. The van der Waals surface area contributed by atoms with Crippen molar-refractivity contribution < 1.29 is 4.79 Å². The number of aromatic nitrogens is 1. The number of carbonyl (C=O) groups is 1. The number of hydrogen-bond acceptors (Lipinski definition) is 2. The summed E-state index contributed by atoms with van der Waals surface area (Å²) in [6, 6.07) is 11.3. The van der Waals surface area contributed by atoms with E-state index in [0.29, 0.717) is 22.1 Å². The molecule has 1 N–H and O–H groups in total. The summed E-state index contributed by atoms with van der Waals surface area (Å²) in [6.45, 7) is 0. The van der Waals surface area contributed by atoms with Crippen LogP contribution in [0, 0.1) is 11.8 Å². The van der Waals surface area contributed by atoms with Crippen LogP contribution in [0.25, 0.3) is 0 Å². The Balaban J connectivity index is 1.97. The van der Waals surface area contributed by atoms with Crippen LogP contribution in [0.1, 0.15) is 17.0 Å². The van der Waals surface area contributed by atoms with Gasteiger partial charge in [0.15, 0.2) is 0 Å². The molecule has 1 aliphatic rings. The van der Waals surface area contributed by atoms with Gasteiger partial charge in [0.2, 0.25) is 5.91 Å². The molecule has 2 aromatic rings. The van der Waals surface area contributed by atoms with Crippen molar-refractivity contribution >= 4 is 23.2 Å². The Bertz CT molecular complexity index is 714. The van der Waals surface area contributed by atoms with Crippen LogP contribution in [0.4, 0.5) is 5.69 Å².